The highest BCUT2D eigenvalue weighted by Gasteiger charge is 2.35. The first-order valence-electron chi connectivity index (χ1n) is 6.98. The van der Waals surface area contributed by atoms with Crippen molar-refractivity contribution < 1.29 is 19.4 Å². The summed E-state index contributed by atoms with van der Waals surface area (Å²) in [6, 6.07) is 4.43. The number of ether oxygens (including phenoxy) is 1. The van der Waals surface area contributed by atoms with Crippen LogP contribution in [0.15, 0.2) is 18.2 Å². The molecule has 0 aromatic heterocycles. The van der Waals surface area contributed by atoms with Gasteiger partial charge in [0.15, 0.2) is 0 Å². The van der Waals surface area contributed by atoms with E-state index in [1.54, 1.807) is 0 Å². The van der Waals surface area contributed by atoms with Crippen LogP contribution in [0, 0.1) is 0 Å². The number of nitrogens with one attached hydrogen (secondary N) is 1. The molecule has 1 aromatic carbocycles. The Bertz CT molecular complexity index is 551. The molecule has 1 aliphatic rings. The number of anilines is 1. The molecule has 6 nitrogen and oxygen atoms in total. The van der Waals surface area contributed by atoms with Crippen molar-refractivity contribution in [1.82, 2.24) is 0 Å². The number of carbonyl (C=O) groups is 2. The fraction of sp³-hybridized carbons (Fsp3) is 0.467. The average Bonchev–Trinajstić information content (AvgIpc) is 2.47. The molecule has 0 bridgehead atoms. The van der Waals surface area contributed by atoms with Crippen molar-refractivity contribution in [2.45, 2.75) is 37.6 Å². The Morgan fingerprint density at radius 1 is 1.29 bits per heavy atom. The summed E-state index contributed by atoms with van der Waals surface area (Å²) in [4.78, 5) is 23.3. The molecule has 21 heavy (non-hydrogen) atoms. The predicted molar refractivity (Wildman–Crippen MR) is 78.6 cm³/mol. The first kappa shape index (κ1) is 15.3. The van der Waals surface area contributed by atoms with Crippen molar-refractivity contribution in [3.05, 3.63) is 23.8 Å². The lowest BCUT2D eigenvalue weighted by Gasteiger charge is -2.31. The van der Waals surface area contributed by atoms with Gasteiger partial charge in [-0.2, -0.15) is 0 Å². The second-order valence-electron chi connectivity index (χ2n) is 5.39. The van der Waals surface area contributed by atoms with Gasteiger partial charge in [-0.15, -0.1) is 0 Å². The number of carboxylic acid groups (broad SMARTS) is 1. The Balaban J connectivity index is 2.16. The van der Waals surface area contributed by atoms with Gasteiger partial charge in [0.1, 0.15) is 11.3 Å². The Morgan fingerprint density at radius 3 is 2.52 bits per heavy atom. The molecule has 1 saturated carbocycles. The zero-order valence-corrected chi connectivity index (χ0v) is 12.0. The van der Waals surface area contributed by atoms with E-state index < -0.39 is 11.5 Å². The van der Waals surface area contributed by atoms with Gasteiger partial charge in [0.2, 0.25) is 5.91 Å². The average molecular weight is 292 g/mol. The second-order valence-corrected chi connectivity index (χ2v) is 5.39. The lowest BCUT2D eigenvalue weighted by atomic mass is 9.82. The highest BCUT2D eigenvalue weighted by atomic mass is 16.5. The van der Waals surface area contributed by atoms with Crippen molar-refractivity contribution in [2.24, 2.45) is 5.73 Å². The van der Waals surface area contributed by atoms with E-state index in [2.05, 4.69) is 5.32 Å². The summed E-state index contributed by atoms with van der Waals surface area (Å²) in [6.07, 6.45) is 4.34. The van der Waals surface area contributed by atoms with Crippen LogP contribution in [-0.2, 0) is 4.79 Å². The molecule has 0 radical (unpaired) electrons. The molecule has 0 saturated heterocycles. The number of carboxylic acids is 1. The smallest absolute Gasteiger partial charge is 0.339 e. The minimum absolute atomic E-state index is 0.0515. The molecule has 1 aromatic rings. The van der Waals surface area contributed by atoms with E-state index >= 15 is 0 Å². The Morgan fingerprint density at radius 2 is 1.95 bits per heavy atom. The summed E-state index contributed by atoms with van der Waals surface area (Å²) < 4.78 is 5.04. The van der Waals surface area contributed by atoms with Crippen molar-refractivity contribution in [1.29, 1.82) is 0 Å². The van der Waals surface area contributed by atoms with Crippen molar-refractivity contribution in [2.75, 3.05) is 12.4 Å². The Labute approximate surface area is 123 Å². The first-order chi connectivity index (χ1) is 9.96. The predicted octanol–water partition coefficient (Wildman–Crippen LogP) is 1.99. The molecule has 6 heteroatoms. The number of methoxy groups -OCH3 is 1. The van der Waals surface area contributed by atoms with E-state index in [9.17, 15) is 9.59 Å². The fourth-order valence-corrected chi connectivity index (χ4v) is 2.61. The fourth-order valence-electron chi connectivity index (χ4n) is 2.61. The van der Waals surface area contributed by atoms with Gasteiger partial charge in [-0.1, -0.05) is 19.3 Å². The molecule has 0 unspecified atom stereocenters. The first-order valence-corrected chi connectivity index (χ1v) is 6.98. The molecule has 4 N–H and O–H groups in total. The SMILES string of the molecule is COc1cc(NC(=O)C2(N)CCCCC2)ccc1C(=O)O. The zero-order valence-electron chi connectivity index (χ0n) is 12.0. The molecule has 0 atom stereocenters. The van der Waals surface area contributed by atoms with Crippen molar-refractivity contribution in [3.8, 4) is 5.75 Å². The monoisotopic (exact) mass is 292 g/mol. The van der Waals surface area contributed by atoms with Crippen molar-refractivity contribution in [3.63, 3.8) is 0 Å². The van der Waals surface area contributed by atoms with Gasteiger partial charge in [-0.3, -0.25) is 4.79 Å². The third-order valence-electron chi connectivity index (χ3n) is 3.89. The van der Waals surface area contributed by atoms with E-state index in [4.69, 9.17) is 15.6 Å². The molecule has 1 amide bonds. The van der Waals surface area contributed by atoms with E-state index in [1.165, 1.54) is 25.3 Å². The van der Waals surface area contributed by atoms with Gasteiger partial charge in [-0.05, 0) is 25.0 Å². The molecule has 114 valence electrons. The number of aromatic carboxylic acids is 1. The maximum absolute atomic E-state index is 12.3. The summed E-state index contributed by atoms with van der Waals surface area (Å²) in [5.41, 5.74) is 5.86. The molecular weight excluding hydrogens is 272 g/mol. The summed E-state index contributed by atoms with van der Waals surface area (Å²) in [7, 11) is 1.39. The van der Waals surface area contributed by atoms with Crippen LogP contribution >= 0.6 is 0 Å². The molecule has 1 fully saturated rings. The minimum Gasteiger partial charge on any atom is -0.496 e. The van der Waals surface area contributed by atoms with Crippen LogP contribution in [-0.4, -0.2) is 29.6 Å². The number of rotatable bonds is 4. The van der Waals surface area contributed by atoms with Crippen LogP contribution in [0.1, 0.15) is 42.5 Å². The highest BCUT2D eigenvalue weighted by Crippen LogP contribution is 2.28. The van der Waals surface area contributed by atoms with E-state index in [-0.39, 0.29) is 17.2 Å². The summed E-state index contributed by atoms with van der Waals surface area (Å²) in [5, 5.41) is 11.8. The Hall–Kier alpha value is -2.08. The lowest BCUT2D eigenvalue weighted by molar-refractivity contribution is -0.122. The highest BCUT2D eigenvalue weighted by molar-refractivity contribution is 5.99. The third kappa shape index (κ3) is 3.33. The van der Waals surface area contributed by atoms with Crippen LogP contribution in [0.25, 0.3) is 0 Å². The van der Waals surface area contributed by atoms with E-state index in [0.717, 1.165) is 19.3 Å². The number of nitrogens with two attached hydrogens (primary N) is 1. The summed E-state index contributed by atoms with van der Waals surface area (Å²) >= 11 is 0. The molecule has 0 aliphatic heterocycles. The molecular formula is C15H20N2O4. The van der Waals surface area contributed by atoms with Gasteiger partial charge in [0.25, 0.3) is 0 Å². The van der Waals surface area contributed by atoms with Gasteiger partial charge < -0.3 is 20.9 Å². The Kier molecular flexibility index (Phi) is 4.47. The molecule has 0 heterocycles. The number of amides is 1. The number of benzene rings is 1. The van der Waals surface area contributed by atoms with Gasteiger partial charge in [-0.25, -0.2) is 4.79 Å². The van der Waals surface area contributed by atoms with Crippen LogP contribution in [0.4, 0.5) is 5.69 Å². The number of hydrogen-bond acceptors (Lipinski definition) is 4. The summed E-state index contributed by atoms with van der Waals surface area (Å²) in [6.45, 7) is 0. The van der Waals surface area contributed by atoms with Crippen molar-refractivity contribution >= 4 is 17.6 Å². The number of hydrogen-bond donors (Lipinski definition) is 3. The second kappa shape index (κ2) is 6.13. The quantitative estimate of drug-likeness (QED) is 0.787. The number of carbonyl (C=O) groups excluding carboxylic acids is 1. The topological polar surface area (TPSA) is 102 Å². The van der Waals surface area contributed by atoms with Crippen LogP contribution in [0.5, 0.6) is 5.75 Å². The minimum atomic E-state index is -1.08. The molecule has 2 rings (SSSR count). The van der Waals surface area contributed by atoms with Gasteiger partial charge in [0, 0.05) is 11.8 Å². The van der Waals surface area contributed by atoms with Crippen LogP contribution in [0.3, 0.4) is 0 Å². The van der Waals surface area contributed by atoms with Crippen LogP contribution < -0.4 is 15.8 Å². The lowest BCUT2D eigenvalue weighted by Crippen LogP contribution is -2.52. The summed E-state index contributed by atoms with van der Waals surface area (Å²) in [5.74, 6) is -1.10. The largest absolute Gasteiger partial charge is 0.496 e. The van der Waals surface area contributed by atoms with Crippen LogP contribution in [0.2, 0.25) is 0 Å². The normalized spacial score (nSPS) is 17.0. The zero-order chi connectivity index (χ0) is 15.5. The maximum Gasteiger partial charge on any atom is 0.339 e. The van der Waals surface area contributed by atoms with Gasteiger partial charge in [0.05, 0.1) is 12.6 Å². The standard InChI is InChI=1S/C15H20N2O4/c1-21-12-9-10(5-6-11(12)13(18)19)17-14(20)15(16)7-3-2-4-8-15/h5-6,9H,2-4,7-8,16H2,1H3,(H,17,20)(H,18,19). The van der Waals surface area contributed by atoms with Gasteiger partial charge >= 0.3 is 5.97 Å². The molecule has 0 spiro atoms. The van der Waals surface area contributed by atoms with E-state index in [1.807, 2.05) is 0 Å². The third-order valence-corrected chi connectivity index (χ3v) is 3.89. The maximum atomic E-state index is 12.3. The molecule has 1 aliphatic carbocycles. The van der Waals surface area contributed by atoms with E-state index in [0.29, 0.717) is 18.5 Å².